The minimum absolute atomic E-state index is 0.196. The van der Waals surface area contributed by atoms with E-state index in [-0.39, 0.29) is 5.97 Å². The molecule has 0 N–H and O–H groups in total. The molecule has 7 rings (SSSR count). The van der Waals surface area contributed by atoms with Gasteiger partial charge < -0.3 is 0 Å². The summed E-state index contributed by atoms with van der Waals surface area (Å²) in [6.07, 6.45) is 3.79. The summed E-state index contributed by atoms with van der Waals surface area (Å²) >= 11 is -3.60. The van der Waals surface area contributed by atoms with E-state index >= 15 is 0 Å². The molecule has 2 fully saturated rings. The Kier molecular flexibility index (Phi) is 6.97. The van der Waals surface area contributed by atoms with E-state index in [1.54, 1.807) is 0 Å². The van der Waals surface area contributed by atoms with Gasteiger partial charge in [0.2, 0.25) is 0 Å². The van der Waals surface area contributed by atoms with E-state index in [1.165, 1.54) is 30.0 Å². The van der Waals surface area contributed by atoms with Crippen molar-refractivity contribution < 1.29 is 9.53 Å². The fourth-order valence-electron chi connectivity index (χ4n) is 8.16. The van der Waals surface area contributed by atoms with E-state index in [2.05, 4.69) is 103 Å². The zero-order valence-corrected chi connectivity index (χ0v) is 25.5. The molecule has 40 heavy (non-hydrogen) atoms. The first-order valence-corrected chi connectivity index (χ1v) is 20.5. The first kappa shape index (κ1) is 25.6. The average molecular weight is 629 g/mol. The van der Waals surface area contributed by atoms with Crippen LogP contribution in [0.2, 0.25) is 3.93 Å². The second-order valence-corrected chi connectivity index (χ2v) is 23.0. The van der Waals surface area contributed by atoms with Crippen molar-refractivity contribution in [3.8, 4) is 0 Å². The van der Waals surface area contributed by atoms with Gasteiger partial charge in [-0.15, -0.1) is 0 Å². The van der Waals surface area contributed by atoms with Crippen molar-refractivity contribution in [1.29, 1.82) is 0 Å². The van der Waals surface area contributed by atoms with Gasteiger partial charge in [-0.25, -0.2) is 0 Å². The maximum atomic E-state index is 13.6. The minimum atomic E-state index is -3.60. The van der Waals surface area contributed by atoms with Crippen LogP contribution in [0.5, 0.6) is 0 Å². The molecule has 4 atom stereocenters. The molecule has 0 saturated heterocycles. The van der Waals surface area contributed by atoms with Gasteiger partial charge in [0, 0.05) is 0 Å². The number of rotatable bonds is 7. The summed E-state index contributed by atoms with van der Waals surface area (Å²) < 4.78 is 11.4. The quantitative estimate of drug-likeness (QED) is 0.150. The Morgan fingerprint density at radius 1 is 0.625 bits per heavy atom. The molecule has 0 spiro atoms. The Labute approximate surface area is 240 Å². The SMILES string of the molecule is O=C(OC[C@@H]1[C@@H]2CC[C@@H](C2)[C@H]1[Sn]([c]1ccccc1)([c]1ccccc1)[c]1ccccc1)c1cccc2ccccc12. The molecule has 0 radical (unpaired) electrons. The molecule has 5 aromatic rings. The summed E-state index contributed by atoms with van der Waals surface area (Å²) in [5.41, 5.74) is 0.668. The van der Waals surface area contributed by atoms with Crippen LogP contribution in [0.3, 0.4) is 0 Å². The van der Waals surface area contributed by atoms with Gasteiger partial charge in [0.15, 0.2) is 0 Å². The standard InChI is InChI=1S/C19H19O2.3C6H5.Sn/c20-19(21-12-16-11-13-8-9-15(16)10-13)18-7-3-5-14-4-1-2-6-17(14)18;3*1-2-4-6-5-3-1;/h1-7,11,13,15-16H,8-10,12H2;3*1-5H;/t13-,15+,16+;;;;/m0..../s1. The number of ether oxygens (including phenoxy) is 1. The average Bonchev–Trinajstić information content (AvgIpc) is 3.64. The Morgan fingerprint density at radius 3 is 1.77 bits per heavy atom. The van der Waals surface area contributed by atoms with Gasteiger partial charge in [-0.2, -0.15) is 0 Å². The molecule has 0 amide bonds. The van der Waals surface area contributed by atoms with Gasteiger partial charge in [0.1, 0.15) is 0 Å². The van der Waals surface area contributed by atoms with Crippen LogP contribution in [0.4, 0.5) is 0 Å². The molecule has 0 unspecified atom stereocenters. The normalized spacial score (nSPS) is 21.9. The fraction of sp³-hybridized carbons (Fsp3) is 0.216. The Bertz CT molecular complexity index is 1510. The molecule has 2 saturated carbocycles. The second-order valence-electron chi connectivity index (χ2n) is 11.6. The molecule has 2 aliphatic carbocycles. The van der Waals surface area contributed by atoms with Crippen molar-refractivity contribution in [2.24, 2.45) is 17.8 Å². The third-order valence-corrected chi connectivity index (χ3v) is 25.8. The second kappa shape index (κ2) is 10.9. The number of carbonyl (C=O) groups is 1. The number of hydrogen-bond acceptors (Lipinski definition) is 2. The van der Waals surface area contributed by atoms with E-state index in [4.69, 9.17) is 4.74 Å². The molecule has 0 heterocycles. The molecular weight excluding hydrogens is 595 g/mol. The molecule has 0 aromatic heterocycles. The first-order valence-electron chi connectivity index (χ1n) is 14.6. The van der Waals surface area contributed by atoms with Crippen molar-refractivity contribution in [2.75, 3.05) is 6.61 Å². The predicted octanol–water partition coefficient (Wildman–Crippen LogP) is 6.58. The van der Waals surface area contributed by atoms with Crippen LogP contribution in [0.1, 0.15) is 29.6 Å². The molecule has 5 aromatic carbocycles. The van der Waals surface area contributed by atoms with Crippen LogP contribution in [-0.4, -0.2) is 31.0 Å². The van der Waals surface area contributed by atoms with Crippen molar-refractivity contribution in [3.05, 3.63) is 139 Å². The monoisotopic (exact) mass is 630 g/mol. The summed E-state index contributed by atoms with van der Waals surface area (Å²) in [6, 6.07) is 48.1. The zero-order valence-electron chi connectivity index (χ0n) is 22.7. The van der Waals surface area contributed by atoms with Crippen molar-refractivity contribution in [1.82, 2.24) is 0 Å². The zero-order chi connectivity index (χ0) is 26.9. The van der Waals surface area contributed by atoms with Crippen molar-refractivity contribution in [2.45, 2.75) is 23.2 Å². The summed E-state index contributed by atoms with van der Waals surface area (Å²) in [5.74, 6) is 1.46. The number of esters is 1. The van der Waals surface area contributed by atoms with Crippen LogP contribution < -0.4 is 10.7 Å². The van der Waals surface area contributed by atoms with Crippen molar-refractivity contribution in [3.63, 3.8) is 0 Å². The Balaban J connectivity index is 1.33. The fourth-order valence-corrected chi connectivity index (χ4v) is 26.2. The van der Waals surface area contributed by atoms with Gasteiger partial charge >= 0.3 is 242 Å². The number of carbonyl (C=O) groups excluding carboxylic acids is 1. The first-order chi connectivity index (χ1) is 19.8. The van der Waals surface area contributed by atoms with Gasteiger partial charge in [-0.3, -0.25) is 0 Å². The van der Waals surface area contributed by atoms with E-state index in [0.29, 0.717) is 33.9 Å². The van der Waals surface area contributed by atoms with E-state index in [0.717, 1.165) is 10.8 Å². The summed E-state index contributed by atoms with van der Waals surface area (Å²) in [5, 5.41) is 2.04. The molecule has 2 aliphatic rings. The van der Waals surface area contributed by atoms with E-state index < -0.39 is 18.4 Å². The van der Waals surface area contributed by atoms with Crippen molar-refractivity contribution >= 4 is 45.9 Å². The van der Waals surface area contributed by atoms with Crippen LogP contribution in [-0.2, 0) is 4.74 Å². The molecular formula is C37H34O2Sn. The Hall–Kier alpha value is -3.37. The van der Waals surface area contributed by atoms with E-state index in [9.17, 15) is 4.79 Å². The molecule has 2 bridgehead atoms. The third kappa shape index (κ3) is 4.28. The molecule has 0 aliphatic heterocycles. The third-order valence-electron chi connectivity index (χ3n) is 9.69. The number of hydrogen-bond donors (Lipinski definition) is 0. The van der Waals surface area contributed by atoms with Crippen LogP contribution in [0, 0.1) is 17.8 Å². The van der Waals surface area contributed by atoms with Crippen LogP contribution >= 0.6 is 0 Å². The number of fused-ring (bicyclic) bond motifs is 3. The summed E-state index contributed by atoms with van der Waals surface area (Å²) in [6.45, 7) is 0.499. The summed E-state index contributed by atoms with van der Waals surface area (Å²) in [4.78, 5) is 13.6. The van der Waals surface area contributed by atoms with Crippen LogP contribution in [0.25, 0.3) is 10.8 Å². The van der Waals surface area contributed by atoms with Gasteiger partial charge in [0.05, 0.1) is 0 Å². The number of benzene rings is 5. The van der Waals surface area contributed by atoms with Crippen LogP contribution in [0.15, 0.2) is 133 Å². The van der Waals surface area contributed by atoms with Gasteiger partial charge in [0.25, 0.3) is 0 Å². The van der Waals surface area contributed by atoms with E-state index in [1.807, 2.05) is 30.3 Å². The topological polar surface area (TPSA) is 26.3 Å². The predicted molar refractivity (Wildman–Crippen MR) is 166 cm³/mol. The molecule has 2 nitrogen and oxygen atoms in total. The Morgan fingerprint density at radius 2 is 1.15 bits per heavy atom. The summed E-state index contributed by atoms with van der Waals surface area (Å²) in [7, 11) is 0. The van der Waals surface area contributed by atoms with Gasteiger partial charge in [-0.1, -0.05) is 0 Å². The molecule has 3 heteroatoms. The molecule has 198 valence electrons. The maximum absolute atomic E-state index is 13.6. The van der Waals surface area contributed by atoms with Gasteiger partial charge in [-0.05, 0) is 0 Å².